The number of hydrogen-bond acceptors (Lipinski definition) is 5. The van der Waals surface area contributed by atoms with Gasteiger partial charge >= 0.3 is 0 Å². The molecule has 142 valence electrons. The average molecular weight is 396 g/mol. The Hall–Kier alpha value is -1.57. The van der Waals surface area contributed by atoms with E-state index in [9.17, 15) is 8.42 Å². The molecular formula is C19H25NO4S2. The van der Waals surface area contributed by atoms with Crippen molar-refractivity contribution in [3.05, 3.63) is 40.8 Å². The Morgan fingerprint density at radius 1 is 1.08 bits per heavy atom. The Kier molecular flexibility index (Phi) is 5.89. The first-order valence-corrected chi connectivity index (χ1v) is 11.0. The molecule has 0 radical (unpaired) electrons. The summed E-state index contributed by atoms with van der Waals surface area (Å²) in [5.74, 6) is 1.94. The van der Waals surface area contributed by atoms with Crippen molar-refractivity contribution in [2.24, 2.45) is 5.92 Å². The molecule has 0 N–H and O–H groups in total. The number of aryl methyl sites for hydroxylation is 1. The zero-order valence-electron chi connectivity index (χ0n) is 15.4. The van der Waals surface area contributed by atoms with E-state index >= 15 is 0 Å². The molecule has 2 heterocycles. The molecule has 0 saturated carbocycles. The maximum absolute atomic E-state index is 12.7. The minimum Gasteiger partial charge on any atom is -0.493 e. The van der Waals surface area contributed by atoms with E-state index in [1.807, 2.05) is 25.1 Å². The molecule has 0 unspecified atom stereocenters. The van der Waals surface area contributed by atoms with Crippen LogP contribution in [0.1, 0.15) is 23.3 Å². The maximum Gasteiger partial charge on any atom is 0.252 e. The standard InChI is InChI=1S/C19H25NO4S2/c1-14-4-7-19(25-14)26(21,22)20-10-8-15(9-11-20)12-16-5-6-17(23-2)18(13-16)24-3/h4-7,13,15H,8-12H2,1-3H3. The van der Waals surface area contributed by atoms with Gasteiger partial charge in [-0.05, 0) is 61.9 Å². The van der Waals surface area contributed by atoms with Crippen molar-refractivity contribution >= 4 is 21.4 Å². The molecule has 0 spiro atoms. The summed E-state index contributed by atoms with van der Waals surface area (Å²) in [6.45, 7) is 3.09. The van der Waals surface area contributed by atoms with Gasteiger partial charge in [-0.15, -0.1) is 11.3 Å². The van der Waals surface area contributed by atoms with Gasteiger partial charge in [-0.3, -0.25) is 0 Å². The number of ether oxygens (including phenoxy) is 2. The van der Waals surface area contributed by atoms with Crippen LogP contribution in [0, 0.1) is 12.8 Å². The van der Waals surface area contributed by atoms with Crippen LogP contribution in [0.15, 0.2) is 34.5 Å². The molecule has 0 bridgehead atoms. The van der Waals surface area contributed by atoms with Gasteiger partial charge in [0.25, 0.3) is 10.0 Å². The summed E-state index contributed by atoms with van der Waals surface area (Å²) >= 11 is 1.34. The summed E-state index contributed by atoms with van der Waals surface area (Å²) in [5, 5.41) is 0. The summed E-state index contributed by atoms with van der Waals surface area (Å²) in [5.41, 5.74) is 1.19. The second-order valence-corrected chi connectivity index (χ2v) is 10.1. The lowest BCUT2D eigenvalue weighted by atomic mass is 9.91. The van der Waals surface area contributed by atoms with Gasteiger partial charge in [-0.25, -0.2) is 8.42 Å². The van der Waals surface area contributed by atoms with Gasteiger partial charge in [0.1, 0.15) is 4.21 Å². The summed E-state index contributed by atoms with van der Waals surface area (Å²) in [4.78, 5) is 1.02. The van der Waals surface area contributed by atoms with Crippen molar-refractivity contribution in [1.82, 2.24) is 4.31 Å². The lowest BCUT2D eigenvalue weighted by molar-refractivity contribution is 0.273. The molecule has 3 rings (SSSR count). The molecule has 1 saturated heterocycles. The zero-order chi connectivity index (χ0) is 18.7. The first-order chi connectivity index (χ1) is 12.4. The molecule has 1 aromatic heterocycles. The van der Waals surface area contributed by atoms with E-state index in [1.54, 1.807) is 24.6 Å². The summed E-state index contributed by atoms with van der Waals surface area (Å²) in [6, 6.07) is 9.56. The average Bonchev–Trinajstić information content (AvgIpc) is 3.09. The molecule has 7 heteroatoms. The third-order valence-electron chi connectivity index (χ3n) is 4.86. The molecule has 1 aromatic carbocycles. The Morgan fingerprint density at radius 2 is 1.77 bits per heavy atom. The smallest absolute Gasteiger partial charge is 0.252 e. The van der Waals surface area contributed by atoms with Gasteiger partial charge in [0.2, 0.25) is 0 Å². The first-order valence-electron chi connectivity index (χ1n) is 8.71. The number of sulfonamides is 1. The van der Waals surface area contributed by atoms with E-state index in [1.165, 1.54) is 16.9 Å². The maximum atomic E-state index is 12.7. The van der Waals surface area contributed by atoms with Crippen molar-refractivity contribution in [2.45, 2.75) is 30.4 Å². The lowest BCUT2D eigenvalue weighted by Crippen LogP contribution is -2.38. The number of benzene rings is 1. The Balaban J connectivity index is 1.62. The SMILES string of the molecule is COc1ccc(CC2CCN(S(=O)(=O)c3ccc(C)s3)CC2)cc1OC. The van der Waals surface area contributed by atoms with Crippen molar-refractivity contribution in [2.75, 3.05) is 27.3 Å². The highest BCUT2D eigenvalue weighted by Gasteiger charge is 2.30. The van der Waals surface area contributed by atoms with E-state index in [0.29, 0.717) is 23.2 Å². The fourth-order valence-corrected chi connectivity index (χ4v) is 6.28. The largest absolute Gasteiger partial charge is 0.493 e. The minimum absolute atomic E-state index is 0.452. The quantitative estimate of drug-likeness (QED) is 0.748. The van der Waals surface area contributed by atoms with Crippen molar-refractivity contribution in [1.29, 1.82) is 0 Å². The van der Waals surface area contributed by atoms with Crippen LogP contribution in [0.3, 0.4) is 0 Å². The second-order valence-electron chi connectivity index (χ2n) is 6.61. The van der Waals surface area contributed by atoms with Gasteiger partial charge in [0.05, 0.1) is 14.2 Å². The Morgan fingerprint density at radius 3 is 2.35 bits per heavy atom. The molecule has 0 aliphatic carbocycles. The van der Waals surface area contributed by atoms with Crippen LogP contribution in [0.25, 0.3) is 0 Å². The molecule has 1 aliphatic heterocycles. The zero-order valence-corrected chi connectivity index (χ0v) is 17.0. The van der Waals surface area contributed by atoms with Crippen LogP contribution < -0.4 is 9.47 Å². The van der Waals surface area contributed by atoms with Crippen LogP contribution in [0.5, 0.6) is 11.5 Å². The Bertz CT molecular complexity index is 852. The molecule has 26 heavy (non-hydrogen) atoms. The van der Waals surface area contributed by atoms with Crippen LogP contribution in [-0.2, 0) is 16.4 Å². The van der Waals surface area contributed by atoms with E-state index in [-0.39, 0.29) is 0 Å². The van der Waals surface area contributed by atoms with Gasteiger partial charge in [0, 0.05) is 18.0 Å². The van der Waals surface area contributed by atoms with Gasteiger partial charge in [-0.1, -0.05) is 6.07 Å². The number of nitrogens with zero attached hydrogens (tertiary/aromatic N) is 1. The lowest BCUT2D eigenvalue weighted by Gasteiger charge is -2.31. The molecule has 1 aliphatic rings. The normalized spacial score (nSPS) is 16.6. The van der Waals surface area contributed by atoms with Gasteiger partial charge in [-0.2, -0.15) is 4.31 Å². The first kappa shape index (κ1) is 19.2. The predicted molar refractivity (Wildman–Crippen MR) is 104 cm³/mol. The van der Waals surface area contributed by atoms with E-state index in [0.717, 1.165) is 35.6 Å². The van der Waals surface area contributed by atoms with Crippen LogP contribution in [-0.4, -0.2) is 40.0 Å². The fourth-order valence-electron chi connectivity index (χ4n) is 3.37. The Labute approximate surface area is 159 Å². The van der Waals surface area contributed by atoms with Crippen LogP contribution >= 0.6 is 11.3 Å². The van der Waals surface area contributed by atoms with Crippen molar-refractivity contribution < 1.29 is 17.9 Å². The van der Waals surface area contributed by atoms with Crippen molar-refractivity contribution in [3.63, 3.8) is 0 Å². The summed E-state index contributed by atoms with van der Waals surface area (Å²) in [6.07, 6.45) is 2.67. The molecular weight excluding hydrogens is 370 g/mol. The van der Waals surface area contributed by atoms with E-state index in [2.05, 4.69) is 6.07 Å². The molecule has 1 fully saturated rings. The predicted octanol–water partition coefficient (Wildman–Crippen LogP) is 3.72. The van der Waals surface area contributed by atoms with E-state index < -0.39 is 10.0 Å². The van der Waals surface area contributed by atoms with Crippen LogP contribution in [0.4, 0.5) is 0 Å². The summed E-state index contributed by atoms with van der Waals surface area (Å²) in [7, 11) is -0.0779. The molecule has 0 atom stereocenters. The highest BCUT2D eigenvalue weighted by Crippen LogP contribution is 2.32. The summed E-state index contributed by atoms with van der Waals surface area (Å²) < 4.78 is 38.2. The highest BCUT2D eigenvalue weighted by atomic mass is 32.2. The molecule has 2 aromatic rings. The monoisotopic (exact) mass is 395 g/mol. The number of piperidine rings is 1. The third kappa shape index (κ3) is 4.05. The third-order valence-corrected chi connectivity index (χ3v) is 8.22. The minimum atomic E-state index is -3.34. The number of rotatable bonds is 6. The molecule has 5 nitrogen and oxygen atoms in total. The highest BCUT2D eigenvalue weighted by molar-refractivity contribution is 7.91. The number of methoxy groups -OCH3 is 2. The fraction of sp³-hybridized carbons (Fsp3) is 0.474. The molecule has 0 amide bonds. The van der Waals surface area contributed by atoms with E-state index in [4.69, 9.17) is 9.47 Å². The number of thiophene rings is 1. The topological polar surface area (TPSA) is 55.8 Å². The van der Waals surface area contributed by atoms with Crippen LogP contribution in [0.2, 0.25) is 0 Å². The van der Waals surface area contributed by atoms with Crippen molar-refractivity contribution in [3.8, 4) is 11.5 Å². The second kappa shape index (κ2) is 7.98. The van der Waals surface area contributed by atoms with Gasteiger partial charge < -0.3 is 9.47 Å². The number of hydrogen-bond donors (Lipinski definition) is 0. The van der Waals surface area contributed by atoms with Gasteiger partial charge in [0.15, 0.2) is 11.5 Å².